The van der Waals surface area contributed by atoms with Crippen LogP contribution in [0.1, 0.15) is 18.9 Å². The first-order chi connectivity index (χ1) is 13.0. The predicted octanol–water partition coefficient (Wildman–Crippen LogP) is 2.99. The van der Waals surface area contributed by atoms with Gasteiger partial charge >= 0.3 is 6.03 Å². The van der Waals surface area contributed by atoms with E-state index >= 15 is 0 Å². The van der Waals surface area contributed by atoms with Crippen molar-refractivity contribution < 1.29 is 14.4 Å². The lowest BCUT2D eigenvalue weighted by molar-refractivity contribution is -0.131. The van der Waals surface area contributed by atoms with E-state index in [4.69, 9.17) is 11.6 Å². The third-order valence-corrected chi connectivity index (χ3v) is 4.38. The number of aliphatic imine (C=N–C) groups is 1. The number of urea groups is 1. The standard InChI is InChI=1S/C19H17ClN4O3/c1-2-15(22-11-12-4-3-9-21-10-12)16-17(25)23-19(27)24(18(16)26)14-7-5-13(20)6-8-14/h3-10,16H,2,11H2,1H3,(H,23,25,27). The summed E-state index contributed by atoms with van der Waals surface area (Å²) in [6, 6.07) is 9.09. The molecule has 1 aliphatic rings. The highest BCUT2D eigenvalue weighted by Crippen LogP contribution is 2.24. The molecule has 3 rings (SSSR count). The van der Waals surface area contributed by atoms with Crippen molar-refractivity contribution in [1.82, 2.24) is 10.3 Å². The summed E-state index contributed by atoms with van der Waals surface area (Å²) in [5.74, 6) is -2.44. The molecule has 0 spiro atoms. The van der Waals surface area contributed by atoms with Crippen LogP contribution in [0, 0.1) is 5.92 Å². The largest absolute Gasteiger partial charge is 0.335 e. The number of aromatic nitrogens is 1. The van der Waals surface area contributed by atoms with E-state index in [0.717, 1.165) is 10.5 Å². The molecular weight excluding hydrogens is 368 g/mol. The molecule has 1 N–H and O–H groups in total. The number of imide groups is 2. The van der Waals surface area contributed by atoms with Gasteiger partial charge in [-0.15, -0.1) is 0 Å². The first-order valence-corrected chi connectivity index (χ1v) is 8.75. The summed E-state index contributed by atoms with van der Waals surface area (Å²) in [5.41, 5.74) is 1.60. The molecule has 2 aromatic rings. The Morgan fingerprint density at radius 3 is 2.59 bits per heavy atom. The van der Waals surface area contributed by atoms with Crippen molar-refractivity contribution in [3.8, 4) is 0 Å². The maximum atomic E-state index is 13.0. The Labute approximate surface area is 161 Å². The number of nitrogens with zero attached hydrogens (tertiary/aromatic N) is 3. The summed E-state index contributed by atoms with van der Waals surface area (Å²) in [7, 11) is 0. The van der Waals surface area contributed by atoms with Gasteiger partial charge in [0.05, 0.1) is 12.2 Å². The van der Waals surface area contributed by atoms with Crippen LogP contribution in [0.3, 0.4) is 0 Å². The number of carbonyl (C=O) groups excluding carboxylic acids is 3. The van der Waals surface area contributed by atoms with Crippen molar-refractivity contribution in [3.63, 3.8) is 0 Å². The van der Waals surface area contributed by atoms with Crippen LogP contribution < -0.4 is 10.2 Å². The summed E-state index contributed by atoms with van der Waals surface area (Å²) in [5, 5.41) is 2.71. The van der Waals surface area contributed by atoms with Crippen LogP contribution in [-0.2, 0) is 16.1 Å². The van der Waals surface area contributed by atoms with Gasteiger partial charge < -0.3 is 0 Å². The van der Waals surface area contributed by atoms with Crippen molar-refractivity contribution in [2.75, 3.05) is 4.90 Å². The van der Waals surface area contributed by atoms with Gasteiger partial charge in [0.15, 0.2) is 5.92 Å². The molecule has 1 saturated heterocycles. The maximum absolute atomic E-state index is 13.0. The summed E-state index contributed by atoms with van der Waals surface area (Å²) in [6.07, 6.45) is 3.72. The minimum absolute atomic E-state index is 0.295. The molecule has 0 saturated carbocycles. The molecule has 1 atom stereocenters. The minimum Gasteiger partial charge on any atom is -0.288 e. The van der Waals surface area contributed by atoms with Crippen LogP contribution in [0.15, 0.2) is 53.8 Å². The number of hydrogen-bond donors (Lipinski definition) is 1. The van der Waals surface area contributed by atoms with Gasteiger partial charge in [0.25, 0.3) is 5.91 Å². The Kier molecular flexibility index (Phi) is 5.61. The van der Waals surface area contributed by atoms with E-state index in [-0.39, 0.29) is 0 Å². The fourth-order valence-corrected chi connectivity index (χ4v) is 2.92. The lowest BCUT2D eigenvalue weighted by Crippen LogP contribution is -2.60. The smallest absolute Gasteiger partial charge is 0.288 e. The molecule has 1 unspecified atom stereocenters. The molecule has 0 radical (unpaired) electrons. The fraction of sp³-hybridized carbons (Fsp3) is 0.211. The fourth-order valence-electron chi connectivity index (χ4n) is 2.80. The van der Waals surface area contributed by atoms with Crippen LogP contribution in [0.4, 0.5) is 10.5 Å². The second-order valence-corrected chi connectivity index (χ2v) is 6.34. The minimum atomic E-state index is -1.15. The second-order valence-electron chi connectivity index (χ2n) is 5.90. The number of barbiturate groups is 1. The zero-order valence-electron chi connectivity index (χ0n) is 14.6. The number of pyridine rings is 1. The van der Waals surface area contributed by atoms with Crippen LogP contribution in [0.25, 0.3) is 0 Å². The van der Waals surface area contributed by atoms with Crippen LogP contribution >= 0.6 is 11.6 Å². The van der Waals surface area contributed by atoms with E-state index < -0.39 is 23.8 Å². The number of hydrogen-bond acceptors (Lipinski definition) is 5. The first kappa shape index (κ1) is 18.7. The molecule has 1 aromatic heterocycles. The Morgan fingerprint density at radius 2 is 1.96 bits per heavy atom. The zero-order chi connectivity index (χ0) is 19.4. The highest BCUT2D eigenvalue weighted by atomic mass is 35.5. The molecule has 1 aromatic carbocycles. The van der Waals surface area contributed by atoms with Crippen LogP contribution in [0.2, 0.25) is 5.02 Å². The predicted molar refractivity (Wildman–Crippen MR) is 102 cm³/mol. The van der Waals surface area contributed by atoms with Gasteiger partial charge in [-0.25, -0.2) is 9.69 Å². The molecule has 1 aliphatic heterocycles. The van der Waals surface area contributed by atoms with Crippen molar-refractivity contribution in [3.05, 3.63) is 59.4 Å². The van der Waals surface area contributed by atoms with Crippen LogP contribution in [-0.4, -0.2) is 28.5 Å². The van der Waals surface area contributed by atoms with E-state index in [9.17, 15) is 14.4 Å². The number of nitrogens with one attached hydrogen (secondary N) is 1. The van der Waals surface area contributed by atoms with Gasteiger partial charge in [-0.2, -0.15) is 0 Å². The molecule has 0 aliphatic carbocycles. The van der Waals surface area contributed by atoms with Gasteiger partial charge in [0.1, 0.15) is 0 Å². The third kappa shape index (κ3) is 4.03. The Morgan fingerprint density at radius 1 is 1.22 bits per heavy atom. The lowest BCUT2D eigenvalue weighted by atomic mass is 9.96. The molecule has 1 fully saturated rings. The van der Waals surface area contributed by atoms with Gasteiger partial charge in [0, 0.05) is 23.1 Å². The molecule has 8 heteroatoms. The zero-order valence-corrected chi connectivity index (χ0v) is 15.3. The molecule has 0 bridgehead atoms. The second kappa shape index (κ2) is 8.09. The number of benzene rings is 1. The average Bonchev–Trinajstić information content (AvgIpc) is 2.66. The highest BCUT2D eigenvalue weighted by molar-refractivity contribution is 6.35. The summed E-state index contributed by atoms with van der Waals surface area (Å²) >= 11 is 5.87. The van der Waals surface area contributed by atoms with Crippen LogP contribution in [0.5, 0.6) is 0 Å². The quantitative estimate of drug-likeness (QED) is 0.633. The number of rotatable bonds is 5. The van der Waals surface area contributed by atoms with E-state index in [1.807, 2.05) is 13.0 Å². The summed E-state index contributed by atoms with van der Waals surface area (Å²) < 4.78 is 0. The number of anilines is 1. The van der Waals surface area contributed by atoms with Crippen molar-refractivity contribution in [2.45, 2.75) is 19.9 Å². The molecule has 7 nitrogen and oxygen atoms in total. The van der Waals surface area contributed by atoms with Gasteiger partial charge in [-0.05, 0) is 42.3 Å². The van der Waals surface area contributed by atoms with Crippen molar-refractivity contribution in [1.29, 1.82) is 0 Å². The topological polar surface area (TPSA) is 91.7 Å². The normalized spacial score (nSPS) is 17.9. The number of amides is 4. The van der Waals surface area contributed by atoms with Crippen molar-refractivity contribution in [2.24, 2.45) is 10.9 Å². The molecular formula is C19H17ClN4O3. The number of carbonyl (C=O) groups is 3. The Hall–Kier alpha value is -3.06. The molecule has 27 heavy (non-hydrogen) atoms. The van der Waals surface area contributed by atoms with E-state index in [1.54, 1.807) is 42.7 Å². The highest BCUT2D eigenvalue weighted by Gasteiger charge is 2.43. The van der Waals surface area contributed by atoms with Crippen molar-refractivity contribution >= 4 is 40.8 Å². The summed E-state index contributed by atoms with van der Waals surface area (Å²) in [4.78, 5) is 47.0. The Balaban J connectivity index is 1.90. The van der Waals surface area contributed by atoms with E-state index in [1.165, 1.54) is 0 Å². The molecule has 138 valence electrons. The molecule has 2 heterocycles. The Bertz CT molecular complexity index is 897. The summed E-state index contributed by atoms with van der Waals surface area (Å²) in [6.45, 7) is 2.11. The number of halogens is 1. The van der Waals surface area contributed by atoms with E-state index in [2.05, 4.69) is 15.3 Å². The first-order valence-electron chi connectivity index (χ1n) is 8.37. The maximum Gasteiger partial charge on any atom is 0.335 e. The van der Waals surface area contributed by atoms with E-state index in [0.29, 0.717) is 29.4 Å². The van der Waals surface area contributed by atoms with Gasteiger partial charge in [-0.1, -0.05) is 24.6 Å². The third-order valence-electron chi connectivity index (χ3n) is 4.13. The average molecular weight is 385 g/mol. The van der Waals surface area contributed by atoms with Gasteiger partial charge in [0.2, 0.25) is 5.91 Å². The monoisotopic (exact) mass is 384 g/mol. The lowest BCUT2D eigenvalue weighted by Gasteiger charge is -2.30. The van der Waals surface area contributed by atoms with Gasteiger partial charge in [-0.3, -0.25) is 24.9 Å². The SMILES string of the molecule is CCC(=NCc1cccnc1)C1C(=O)NC(=O)N(c2ccc(Cl)cc2)C1=O. The molecule has 4 amide bonds.